The lowest BCUT2D eigenvalue weighted by Gasteiger charge is -2.18. The van der Waals surface area contributed by atoms with Gasteiger partial charge in [0.05, 0.1) is 10.6 Å². The number of anilines is 2. The molecule has 0 aromatic carbocycles. The van der Waals surface area contributed by atoms with E-state index >= 15 is 0 Å². The first-order valence-electron chi connectivity index (χ1n) is 8.94. The summed E-state index contributed by atoms with van der Waals surface area (Å²) in [6, 6.07) is 13.6. The van der Waals surface area contributed by atoms with E-state index in [1.54, 1.807) is 23.7 Å². The van der Waals surface area contributed by atoms with Crippen LogP contribution >= 0.6 is 11.3 Å². The molecule has 0 bridgehead atoms. The van der Waals surface area contributed by atoms with Gasteiger partial charge in [0, 0.05) is 36.4 Å². The molecule has 4 rings (SSSR count). The topological polar surface area (TPSA) is 70.2 Å². The van der Waals surface area contributed by atoms with Crippen molar-refractivity contribution in [2.45, 2.75) is 19.4 Å². The summed E-state index contributed by atoms with van der Waals surface area (Å²) in [5, 5.41) is 6.03. The molecule has 3 aromatic rings. The summed E-state index contributed by atoms with van der Waals surface area (Å²) in [6.07, 6.45) is 4.43. The van der Waals surface area contributed by atoms with Crippen molar-refractivity contribution in [2.24, 2.45) is 0 Å². The van der Waals surface area contributed by atoms with Crippen molar-refractivity contribution < 1.29 is 4.79 Å². The number of carbonyl (C=O) groups excluding carboxylic acids is 1. The van der Waals surface area contributed by atoms with Crippen LogP contribution in [0.2, 0.25) is 0 Å². The molecule has 0 saturated carbocycles. The molecule has 3 aromatic heterocycles. The van der Waals surface area contributed by atoms with Gasteiger partial charge in [-0.3, -0.25) is 4.98 Å². The highest BCUT2D eigenvalue weighted by Crippen LogP contribution is 2.31. The van der Waals surface area contributed by atoms with Gasteiger partial charge in [-0.15, -0.1) is 11.3 Å². The van der Waals surface area contributed by atoms with Gasteiger partial charge in [0.1, 0.15) is 11.5 Å². The van der Waals surface area contributed by atoms with Crippen LogP contribution in [0.3, 0.4) is 0 Å². The number of nitrogens with one attached hydrogen (secondary N) is 2. The van der Waals surface area contributed by atoms with Crippen molar-refractivity contribution in [1.29, 1.82) is 0 Å². The van der Waals surface area contributed by atoms with E-state index < -0.39 is 0 Å². The van der Waals surface area contributed by atoms with Crippen LogP contribution in [0.5, 0.6) is 0 Å². The first-order valence-corrected chi connectivity index (χ1v) is 9.76. The molecule has 1 fully saturated rings. The zero-order valence-electron chi connectivity index (χ0n) is 15.1. The summed E-state index contributed by atoms with van der Waals surface area (Å²) in [7, 11) is 0. The van der Waals surface area contributed by atoms with Crippen LogP contribution in [-0.2, 0) is 0 Å². The number of pyridine rings is 2. The van der Waals surface area contributed by atoms with E-state index in [4.69, 9.17) is 0 Å². The van der Waals surface area contributed by atoms with Crippen molar-refractivity contribution in [1.82, 2.24) is 15.3 Å². The van der Waals surface area contributed by atoms with Crippen LogP contribution in [0.4, 0.5) is 16.3 Å². The number of amides is 2. The lowest BCUT2D eigenvalue weighted by molar-refractivity contribution is 0.249. The Kier molecular flexibility index (Phi) is 5.02. The number of thiophene rings is 1. The molecular weight excluding hydrogens is 358 g/mol. The quantitative estimate of drug-likeness (QED) is 0.721. The minimum Gasteiger partial charge on any atom is -0.354 e. The zero-order valence-corrected chi connectivity index (χ0v) is 15.9. The van der Waals surface area contributed by atoms with E-state index in [-0.39, 0.29) is 12.1 Å². The van der Waals surface area contributed by atoms with Crippen LogP contribution in [0.15, 0.2) is 54.9 Å². The molecule has 1 aliphatic rings. The van der Waals surface area contributed by atoms with Gasteiger partial charge in [0.15, 0.2) is 0 Å². The van der Waals surface area contributed by atoms with Gasteiger partial charge in [-0.25, -0.2) is 9.78 Å². The highest BCUT2D eigenvalue weighted by molar-refractivity contribution is 7.15. The Hall–Kier alpha value is -2.93. The highest BCUT2D eigenvalue weighted by atomic mass is 32.1. The van der Waals surface area contributed by atoms with Crippen LogP contribution in [0.25, 0.3) is 10.6 Å². The van der Waals surface area contributed by atoms with Gasteiger partial charge >= 0.3 is 6.03 Å². The lowest BCUT2D eigenvalue weighted by Crippen LogP contribution is -2.39. The molecule has 1 aliphatic heterocycles. The Bertz CT molecular complexity index is 927. The summed E-state index contributed by atoms with van der Waals surface area (Å²) in [4.78, 5) is 25.8. The van der Waals surface area contributed by atoms with E-state index in [0.717, 1.165) is 41.6 Å². The van der Waals surface area contributed by atoms with E-state index in [1.807, 2.05) is 36.4 Å². The van der Waals surface area contributed by atoms with Crippen molar-refractivity contribution in [3.05, 3.63) is 59.7 Å². The third-order valence-electron chi connectivity index (χ3n) is 4.53. The molecule has 27 heavy (non-hydrogen) atoms. The van der Waals surface area contributed by atoms with Gasteiger partial charge in [0.2, 0.25) is 0 Å². The smallest absolute Gasteiger partial charge is 0.319 e. The van der Waals surface area contributed by atoms with Gasteiger partial charge in [-0.1, -0.05) is 6.07 Å². The minimum absolute atomic E-state index is 0.0936. The number of hydrogen-bond donors (Lipinski definition) is 2. The summed E-state index contributed by atoms with van der Waals surface area (Å²) < 4.78 is 0. The maximum Gasteiger partial charge on any atom is 0.319 e. The second-order valence-corrected chi connectivity index (χ2v) is 7.82. The molecule has 2 amide bonds. The Labute approximate surface area is 162 Å². The molecule has 6 nitrogen and oxygen atoms in total. The first-order chi connectivity index (χ1) is 13.2. The molecular formula is C20H21N5OS. The molecule has 0 radical (unpaired) electrons. The predicted molar refractivity (Wildman–Crippen MR) is 109 cm³/mol. The fraction of sp³-hybridized carbons (Fsp3) is 0.250. The maximum absolute atomic E-state index is 12.5. The number of aromatic nitrogens is 2. The van der Waals surface area contributed by atoms with Gasteiger partial charge in [-0.2, -0.15) is 0 Å². The Morgan fingerprint density at radius 1 is 1.15 bits per heavy atom. The molecule has 4 heterocycles. The van der Waals surface area contributed by atoms with Crippen LogP contribution in [0.1, 0.15) is 11.3 Å². The van der Waals surface area contributed by atoms with Crippen LogP contribution in [0, 0.1) is 6.92 Å². The number of rotatable bonds is 4. The molecule has 1 unspecified atom stereocenters. The van der Waals surface area contributed by atoms with Gasteiger partial charge in [0.25, 0.3) is 0 Å². The van der Waals surface area contributed by atoms with Crippen molar-refractivity contribution in [3.63, 3.8) is 0 Å². The fourth-order valence-electron chi connectivity index (χ4n) is 3.24. The SMILES string of the molecule is Cc1ccc(-c2ncccc2NC(=O)NC2CCN(c3ccccn3)C2)s1. The summed E-state index contributed by atoms with van der Waals surface area (Å²) in [5.74, 6) is 0.949. The van der Waals surface area contributed by atoms with Crippen molar-refractivity contribution in [3.8, 4) is 10.6 Å². The van der Waals surface area contributed by atoms with E-state index in [0.29, 0.717) is 0 Å². The van der Waals surface area contributed by atoms with E-state index in [2.05, 4.69) is 38.5 Å². The standard InChI is InChI=1S/C20H21N5OS/c1-14-7-8-17(27-14)19-16(5-4-11-22-19)24-20(26)23-15-9-12-25(13-15)18-6-2-3-10-21-18/h2-8,10-11,15H,9,12-13H2,1H3,(H2,23,24,26). The maximum atomic E-state index is 12.5. The highest BCUT2D eigenvalue weighted by Gasteiger charge is 2.25. The second-order valence-electron chi connectivity index (χ2n) is 6.53. The second kappa shape index (κ2) is 7.75. The van der Waals surface area contributed by atoms with Crippen molar-refractivity contribution in [2.75, 3.05) is 23.3 Å². The van der Waals surface area contributed by atoms with Crippen LogP contribution < -0.4 is 15.5 Å². The minimum atomic E-state index is -0.203. The Balaban J connectivity index is 1.39. The molecule has 7 heteroatoms. The van der Waals surface area contributed by atoms with Crippen LogP contribution in [-0.4, -0.2) is 35.1 Å². The van der Waals surface area contributed by atoms with Gasteiger partial charge < -0.3 is 15.5 Å². The van der Waals surface area contributed by atoms with E-state index in [9.17, 15) is 4.79 Å². The molecule has 2 N–H and O–H groups in total. The number of urea groups is 1. The summed E-state index contributed by atoms with van der Waals surface area (Å²) in [6.45, 7) is 3.70. The fourth-order valence-corrected chi connectivity index (χ4v) is 4.11. The molecule has 0 aliphatic carbocycles. The summed E-state index contributed by atoms with van der Waals surface area (Å²) in [5.41, 5.74) is 1.52. The number of nitrogens with zero attached hydrogens (tertiary/aromatic N) is 3. The average Bonchev–Trinajstić information content (AvgIpc) is 3.32. The monoisotopic (exact) mass is 379 g/mol. The zero-order chi connectivity index (χ0) is 18.6. The number of hydrogen-bond acceptors (Lipinski definition) is 5. The normalized spacial score (nSPS) is 16.3. The first kappa shape index (κ1) is 17.5. The molecule has 1 saturated heterocycles. The Morgan fingerprint density at radius 2 is 2.04 bits per heavy atom. The third-order valence-corrected chi connectivity index (χ3v) is 5.53. The number of carbonyl (C=O) groups is 1. The number of aryl methyl sites for hydroxylation is 1. The average molecular weight is 379 g/mol. The third kappa shape index (κ3) is 4.09. The Morgan fingerprint density at radius 3 is 2.81 bits per heavy atom. The molecule has 1 atom stereocenters. The lowest BCUT2D eigenvalue weighted by atomic mass is 10.2. The summed E-state index contributed by atoms with van der Waals surface area (Å²) >= 11 is 1.67. The van der Waals surface area contributed by atoms with Crippen molar-refractivity contribution >= 4 is 28.9 Å². The molecule has 138 valence electrons. The largest absolute Gasteiger partial charge is 0.354 e. The van der Waals surface area contributed by atoms with E-state index in [1.165, 1.54) is 4.88 Å². The molecule has 0 spiro atoms. The van der Waals surface area contributed by atoms with Gasteiger partial charge in [-0.05, 0) is 49.7 Å². The predicted octanol–water partition coefficient (Wildman–Crippen LogP) is 3.91.